The SMILES string of the molecule is CC(c1cccs1)N(C)c1nnccc1/C(N)=N/O. The summed E-state index contributed by atoms with van der Waals surface area (Å²) in [4.78, 5) is 3.16. The van der Waals surface area contributed by atoms with Gasteiger partial charge in [-0.3, -0.25) is 0 Å². The molecule has 1 unspecified atom stereocenters. The van der Waals surface area contributed by atoms with E-state index in [0.717, 1.165) is 0 Å². The first-order valence-electron chi connectivity index (χ1n) is 5.71. The molecule has 0 bridgehead atoms. The van der Waals surface area contributed by atoms with Crippen LogP contribution in [0.15, 0.2) is 34.9 Å². The molecule has 0 aliphatic rings. The van der Waals surface area contributed by atoms with E-state index in [1.54, 1.807) is 17.4 Å². The summed E-state index contributed by atoms with van der Waals surface area (Å²) in [5, 5.41) is 21.8. The predicted octanol–water partition coefficient (Wildman–Crippen LogP) is 1.83. The lowest BCUT2D eigenvalue weighted by molar-refractivity contribution is 0.318. The fourth-order valence-electron chi connectivity index (χ4n) is 1.74. The number of thiophene rings is 1. The molecule has 2 rings (SSSR count). The molecule has 0 aliphatic carbocycles. The van der Waals surface area contributed by atoms with E-state index in [4.69, 9.17) is 10.9 Å². The van der Waals surface area contributed by atoms with E-state index in [1.165, 1.54) is 11.1 Å². The summed E-state index contributed by atoms with van der Waals surface area (Å²) in [6.07, 6.45) is 1.51. The lowest BCUT2D eigenvalue weighted by Crippen LogP contribution is -2.26. The maximum absolute atomic E-state index is 8.82. The van der Waals surface area contributed by atoms with Crippen molar-refractivity contribution >= 4 is 23.0 Å². The molecule has 0 saturated heterocycles. The van der Waals surface area contributed by atoms with Crippen LogP contribution in [0, 0.1) is 0 Å². The van der Waals surface area contributed by atoms with E-state index in [1.807, 2.05) is 23.4 Å². The van der Waals surface area contributed by atoms with Gasteiger partial charge in [0.05, 0.1) is 17.8 Å². The highest BCUT2D eigenvalue weighted by Crippen LogP contribution is 2.28. The van der Waals surface area contributed by atoms with E-state index in [9.17, 15) is 0 Å². The lowest BCUT2D eigenvalue weighted by Gasteiger charge is -2.26. The van der Waals surface area contributed by atoms with Crippen LogP contribution in [0.1, 0.15) is 23.4 Å². The van der Waals surface area contributed by atoms with Crippen LogP contribution in [-0.2, 0) is 0 Å². The van der Waals surface area contributed by atoms with Gasteiger partial charge in [-0.25, -0.2) is 0 Å². The summed E-state index contributed by atoms with van der Waals surface area (Å²) >= 11 is 1.67. The summed E-state index contributed by atoms with van der Waals surface area (Å²) in [5.74, 6) is 0.605. The van der Waals surface area contributed by atoms with Gasteiger partial charge < -0.3 is 15.8 Å². The average Bonchev–Trinajstić information content (AvgIpc) is 2.99. The zero-order valence-electron chi connectivity index (χ0n) is 10.7. The van der Waals surface area contributed by atoms with Crippen molar-refractivity contribution in [1.82, 2.24) is 10.2 Å². The molecule has 2 heterocycles. The van der Waals surface area contributed by atoms with E-state index >= 15 is 0 Å². The molecule has 1 atom stereocenters. The molecule has 2 aromatic rings. The Hall–Kier alpha value is -2.15. The first-order valence-corrected chi connectivity index (χ1v) is 6.59. The van der Waals surface area contributed by atoms with E-state index < -0.39 is 0 Å². The van der Waals surface area contributed by atoms with Gasteiger partial charge in [0.15, 0.2) is 11.7 Å². The minimum absolute atomic E-state index is 0.0233. The molecule has 0 saturated carbocycles. The number of hydrogen-bond acceptors (Lipinski definition) is 6. The maximum Gasteiger partial charge on any atom is 0.173 e. The summed E-state index contributed by atoms with van der Waals surface area (Å²) in [6, 6.07) is 5.87. The molecular weight excluding hydrogens is 262 g/mol. The van der Waals surface area contributed by atoms with Gasteiger partial charge in [0.25, 0.3) is 0 Å². The highest BCUT2D eigenvalue weighted by atomic mass is 32.1. The Labute approximate surface area is 115 Å². The van der Waals surface area contributed by atoms with Crippen molar-refractivity contribution in [3.8, 4) is 0 Å². The molecule has 0 radical (unpaired) electrons. The van der Waals surface area contributed by atoms with E-state index in [0.29, 0.717) is 11.4 Å². The predicted molar refractivity (Wildman–Crippen MR) is 75.7 cm³/mol. The van der Waals surface area contributed by atoms with Gasteiger partial charge in [0, 0.05) is 11.9 Å². The van der Waals surface area contributed by atoms with Gasteiger partial charge in [-0.05, 0) is 24.4 Å². The molecule has 0 spiro atoms. The highest BCUT2D eigenvalue weighted by Gasteiger charge is 2.19. The van der Waals surface area contributed by atoms with Gasteiger partial charge in [0.1, 0.15) is 0 Å². The van der Waals surface area contributed by atoms with Crippen LogP contribution in [0.3, 0.4) is 0 Å². The second-order valence-electron chi connectivity index (χ2n) is 4.06. The first-order chi connectivity index (χ1) is 9.15. The molecule has 3 N–H and O–H groups in total. The monoisotopic (exact) mass is 277 g/mol. The van der Waals surface area contributed by atoms with Crippen molar-refractivity contribution in [2.45, 2.75) is 13.0 Å². The molecule has 6 nitrogen and oxygen atoms in total. The molecule has 19 heavy (non-hydrogen) atoms. The van der Waals surface area contributed by atoms with Gasteiger partial charge in [-0.15, -0.1) is 16.4 Å². The Bertz CT molecular complexity index is 569. The Kier molecular flexibility index (Phi) is 3.96. The zero-order valence-corrected chi connectivity index (χ0v) is 11.5. The van der Waals surface area contributed by atoms with Crippen molar-refractivity contribution in [3.05, 3.63) is 40.2 Å². The van der Waals surface area contributed by atoms with Crippen molar-refractivity contribution in [2.24, 2.45) is 10.9 Å². The molecule has 0 amide bonds. The van der Waals surface area contributed by atoms with Crippen LogP contribution in [-0.4, -0.2) is 28.3 Å². The quantitative estimate of drug-likeness (QED) is 0.385. The summed E-state index contributed by atoms with van der Waals surface area (Å²) in [6.45, 7) is 2.07. The Morgan fingerprint density at radius 2 is 2.32 bits per heavy atom. The van der Waals surface area contributed by atoms with Crippen molar-refractivity contribution in [2.75, 3.05) is 11.9 Å². The van der Waals surface area contributed by atoms with Crippen LogP contribution in [0.4, 0.5) is 5.82 Å². The lowest BCUT2D eigenvalue weighted by atomic mass is 10.2. The van der Waals surface area contributed by atoms with Gasteiger partial charge in [-0.1, -0.05) is 11.2 Å². The second-order valence-corrected chi connectivity index (χ2v) is 5.04. The fourth-order valence-corrected chi connectivity index (χ4v) is 2.57. The van der Waals surface area contributed by atoms with Gasteiger partial charge in [-0.2, -0.15) is 5.10 Å². The molecule has 7 heteroatoms. The Morgan fingerprint density at radius 1 is 1.53 bits per heavy atom. The van der Waals surface area contributed by atoms with E-state index in [2.05, 4.69) is 28.3 Å². The number of nitrogens with two attached hydrogens (primary N) is 1. The Balaban J connectivity index is 2.36. The van der Waals surface area contributed by atoms with Crippen LogP contribution in [0.5, 0.6) is 0 Å². The third kappa shape index (κ3) is 2.65. The Morgan fingerprint density at radius 3 is 2.95 bits per heavy atom. The minimum Gasteiger partial charge on any atom is -0.409 e. The van der Waals surface area contributed by atoms with Gasteiger partial charge >= 0.3 is 0 Å². The molecular formula is C12H15N5OS. The fraction of sp³-hybridized carbons (Fsp3) is 0.250. The largest absolute Gasteiger partial charge is 0.409 e. The van der Waals surface area contributed by atoms with E-state index in [-0.39, 0.29) is 11.9 Å². The normalized spacial score (nSPS) is 13.3. The summed E-state index contributed by atoms with van der Waals surface area (Å²) < 4.78 is 0. The first kappa shape index (κ1) is 13.3. The number of anilines is 1. The number of rotatable bonds is 4. The molecule has 0 aliphatic heterocycles. The summed E-state index contributed by atoms with van der Waals surface area (Å²) in [5.41, 5.74) is 6.22. The van der Waals surface area contributed by atoms with Crippen molar-refractivity contribution in [3.63, 3.8) is 0 Å². The number of aromatic nitrogens is 2. The topological polar surface area (TPSA) is 87.6 Å². The molecule has 0 fully saturated rings. The van der Waals surface area contributed by atoms with Crippen LogP contribution in [0.25, 0.3) is 0 Å². The molecule has 100 valence electrons. The average molecular weight is 277 g/mol. The van der Waals surface area contributed by atoms with Crippen molar-refractivity contribution < 1.29 is 5.21 Å². The molecule has 0 aromatic carbocycles. The number of amidine groups is 1. The number of hydrogen-bond donors (Lipinski definition) is 2. The van der Waals surface area contributed by atoms with Crippen LogP contribution < -0.4 is 10.6 Å². The standard InChI is InChI=1S/C12H15N5OS/c1-8(10-4-3-7-19-10)17(2)12-9(11(13)16-18)5-6-14-15-12/h3-8,18H,1-2H3,(H2,13,16). The number of oxime groups is 1. The number of nitrogens with zero attached hydrogens (tertiary/aromatic N) is 4. The highest BCUT2D eigenvalue weighted by molar-refractivity contribution is 7.10. The second kappa shape index (κ2) is 5.66. The summed E-state index contributed by atoms with van der Waals surface area (Å²) in [7, 11) is 1.91. The van der Waals surface area contributed by atoms with Crippen LogP contribution in [0.2, 0.25) is 0 Å². The molecule has 2 aromatic heterocycles. The maximum atomic E-state index is 8.82. The third-order valence-electron chi connectivity index (χ3n) is 2.95. The van der Waals surface area contributed by atoms with Crippen molar-refractivity contribution in [1.29, 1.82) is 0 Å². The third-order valence-corrected chi connectivity index (χ3v) is 4.00. The smallest absolute Gasteiger partial charge is 0.173 e. The van der Waals surface area contributed by atoms with Crippen LogP contribution >= 0.6 is 11.3 Å². The van der Waals surface area contributed by atoms with Gasteiger partial charge in [0.2, 0.25) is 0 Å². The zero-order chi connectivity index (χ0) is 13.8. The minimum atomic E-state index is 0.0233.